The average Bonchev–Trinajstić information content (AvgIpc) is 1.64. The van der Waals surface area contributed by atoms with Crippen molar-refractivity contribution in [2.45, 2.75) is 212 Å². The summed E-state index contributed by atoms with van der Waals surface area (Å²) in [4.78, 5) is 196. The second kappa shape index (κ2) is 45.8. The van der Waals surface area contributed by atoms with E-state index >= 15 is 4.79 Å². The summed E-state index contributed by atoms with van der Waals surface area (Å²) >= 11 is 1.34. The van der Waals surface area contributed by atoms with Crippen molar-refractivity contribution < 1.29 is 100 Å². The molecule has 1 unspecified atom stereocenters. The summed E-state index contributed by atoms with van der Waals surface area (Å²) in [7, 11) is 12.2. The number of halogens is 1. The zero-order valence-electron chi connectivity index (χ0n) is 68.9. The van der Waals surface area contributed by atoms with Gasteiger partial charge < -0.3 is 86.0 Å². The molecule has 1 aliphatic carbocycles. The highest BCUT2D eigenvalue weighted by atomic mass is 32.2. The van der Waals surface area contributed by atoms with Gasteiger partial charge in [-0.1, -0.05) is 80.4 Å². The predicted molar refractivity (Wildman–Crippen MR) is 423 cm³/mol. The number of unbranched alkanes of at least 4 members (excludes halogenated alkanes) is 2. The molecule has 114 heavy (non-hydrogen) atoms. The van der Waals surface area contributed by atoms with Gasteiger partial charge in [0.1, 0.15) is 30.8 Å². The van der Waals surface area contributed by atoms with Gasteiger partial charge >= 0.3 is 24.2 Å². The maximum absolute atomic E-state index is 15.0. The number of rotatable bonds is 48. The van der Waals surface area contributed by atoms with E-state index in [1.165, 1.54) is 83.8 Å². The number of nitrogens with one attached hydrogen (secondary N) is 6. The van der Waals surface area contributed by atoms with Crippen LogP contribution in [0.3, 0.4) is 0 Å². The minimum absolute atomic E-state index is 0.0156. The maximum Gasteiger partial charge on any atom is 0.409 e. The van der Waals surface area contributed by atoms with E-state index in [-0.39, 0.29) is 136 Å². The third kappa shape index (κ3) is 28.6. The Morgan fingerprint density at radius 2 is 1.40 bits per heavy atom. The number of hydrogen-bond donors (Lipinski definition) is 8. The van der Waals surface area contributed by atoms with Crippen molar-refractivity contribution in [3.8, 4) is 5.75 Å². The fourth-order valence-corrected chi connectivity index (χ4v) is 15.6. The summed E-state index contributed by atoms with van der Waals surface area (Å²) in [5.41, 5.74) is 5.77. The van der Waals surface area contributed by atoms with Crippen LogP contribution in [0.2, 0.25) is 0 Å². The number of Topliss-reactive ketones (excluding diaryl/α,β-unsaturated/α-hetero) is 1. The Morgan fingerprint density at radius 1 is 0.746 bits per heavy atom. The van der Waals surface area contributed by atoms with Crippen LogP contribution in [0.1, 0.15) is 161 Å². The number of amides is 13. The first-order valence-electron chi connectivity index (χ1n) is 39.0. The minimum atomic E-state index is -1.15. The molecule has 2 saturated heterocycles. The lowest BCUT2D eigenvalue weighted by Crippen LogP contribution is -2.58. The van der Waals surface area contributed by atoms with Gasteiger partial charge in [-0.2, -0.15) is 0 Å². The van der Waals surface area contributed by atoms with E-state index in [1.54, 1.807) is 71.1 Å². The molecule has 9 N–H and O–H groups in total. The lowest BCUT2D eigenvalue weighted by molar-refractivity contribution is -0.146. The first kappa shape index (κ1) is 95.4. The number of carboxylic acids is 1. The Kier molecular flexibility index (Phi) is 38.3. The normalized spacial score (nSPS) is 17.9. The summed E-state index contributed by atoms with van der Waals surface area (Å²) in [5.74, 6) is -7.74. The van der Waals surface area contributed by atoms with Gasteiger partial charge in [0.25, 0.3) is 0 Å². The van der Waals surface area contributed by atoms with E-state index in [4.69, 9.17) is 29.4 Å². The van der Waals surface area contributed by atoms with Crippen LogP contribution in [0.25, 0.3) is 0 Å². The largest absolute Gasteiger partial charge is 0.494 e. The number of nitrogens with zero attached hydrogens (tertiary/aromatic N) is 6. The SMILES string of the molecule is CCC[C@@H]([C@@H](CC(=O)N1C[C@@H](OC(=O)N(C)CCN(C)C(=O)OCc2ccc(NC(=O)[C@H](CCCNC(N)=O)NC(=O)[C@@H](NC(=O)CCCCCN3C(=O)CC(SCC4(CC(=O)O)CC4)C3=O)C(C)C)cc2)C[C@H]1[C@H](OC)[C@@H](C)C(=O)NCC(=O)c1ccc(OC)c(F)c1)OC)N(C)C(=O)[C@@H](NC(=O)[C@H](C(C)C)N(C)C)C(C)C. The van der Waals surface area contributed by atoms with Gasteiger partial charge in [0.05, 0.1) is 74.5 Å². The summed E-state index contributed by atoms with van der Waals surface area (Å²) in [6, 6.07) is 3.95. The van der Waals surface area contributed by atoms with Crippen molar-refractivity contribution in [3.63, 3.8) is 0 Å². The van der Waals surface area contributed by atoms with Crippen LogP contribution in [-0.4, -0.2) is 279 Å². The van der Waals surface area contributed by atoms with E-state index in [2.05, 4.69) is 31.9 Å². The lowest BCUT2D eigenvalue weighted by Gasteiger charge is -2.38. The number of primary amides is 1. The predicted octanol–water partition coefficient (Wildman–Crippen LogP) is 5.54. The maximum atomic E-state index is 15.0. The number of anilines is 1. The fourth-order valence-electron chi connectivity index (χ4n) is 14.1. The number of benzene rings is 2. The molecule has 33 nitrogen and oxygen atoms in total. The number of nitrogens with two attached hydrogens (primary N) is 1. The van der Waals surface area contributed by atoms with E-state index in [0.29, 0.717) is 49.1 Å². The third-order valence-electron chi connectivity index (χ3n) is 21.0. The van der Waals surface area contributed by atoms with Crippen LogP contribution in [0.4, 0.5) is 24.5 Å². The highest BCUT2D eigenvalue weighted by Gasteiger charge is 2.49. The van der Waals surface area contributed by atoms with Crippen molar-refractivity contribution in [2.75, 3.05) is 107 Å². The molecule has 2 aromatic rings. The molecule has 636 valence electrons. The third-order valence-corrected chi connectivity index (χ3v) is 22.5. The Bertz CT molecular complexity index is 3640. The number of urea groups is 1. The second-order valence-electron chi connectivity index (χ2n) is 31.1. The molecule has 11 atom stereocenters. The second-order valence-corrected chi connectivity index (χ2v) is 32.3. The number of likely N-dealkylation sites (tertiary alicyclic amines) is 2. The molecule has 0 radical (unpaired) electrons. The van der Waals surface area contributed by atoms with Crippen LogP contribution in [-0.2, 0) is 73.5 Å². The van der Waals surface area contributed by atoms with Gasteiger partial charge in [0.2, 0.25) is 53.2 Å². The number of imide groups is 1. The van der Waals surface area contributed by atoms with Gasteiger partial charge in [0, 0.05) is 97.8 Å². The number of carbonyl (C=O) groups excluding carboxylic acids is 13. The van der Waals surface area contributed by atoms with Crippen LogP contribution < -0.4 is 42.4 Å². The summed E-state index contributed by atoms with van der Waals surface area (Å²) in [6.45, 7) is 13.7. The molecule has 35 heteroatoms. The average molecular weight is 1620 g/mol. The number of carbonyl (C=O) groups is 14. The van der Waals surface area contributed by atoms with Crippen LogP contribution in [0.5, 0.6) is 5.75 Å². The number of aliphatic carboxylic acids is 1. The molecule has 3 aliphatic rings. The quantitative estimate of drug-likeness (QED) is 0.0229. The number of carboxylic acid groups (broad SMARTS) is 1. The molecule has 2 aliphatic heterocycles. The molecule has 5 rings (SSSR count). The molecule has 1 saturated carbocycles. The number of thioether (sulfide) groups is 1. The number of ketones is 1. The Hall–Kier alpha value is -9.22. The van der Waals surface area contributed by atoms with E-state index < -0.39 is 144 Å². The smallest absolute Gasteiger partial charge is 0.409 e. The topological polar surface area (TPSA) is 423 Å². The van der Waals surface area contributed by atoms with Crippen molar-refractivity contribution in [3.05, 3.63) is 59.4 Å². The minimum Gasteiger partial charge on any atom is -0.494 e. The molecule has 0 bridgehead atoms. The molecule has 3 fully saturated rings. The summed E-state index contributed by atoms with van der Waals surface area (Å²) in [6.07, 6.45) is -0.530. The first-order chi connectivity index (χ1) is 53.8. The standard InChI is InChI=1S/C79H122FN13O20S/c1-17-22-56(91(13)75(105)67(47(4)5)87-73(103)68(48(6)7)88(9)10)60(110-15)39-63(96)93-43-53(38-57(93)69(111-16)49(8)70(100)83-42-58(94)51-27-30-59(109-14)54(80)37-51)113-78(108)90(12)36-35-89(11)77(107)112-44-50-25-28-52(29-26-50)84-71(101)55(23-21-33-82-76(81)106)85-72(102)66(46(2)3)86-62(95)24-19-18-20-34-92-64(97)40-61(74(92)104)114-45-79(31-32-79)41-65(98)99/h25-30,37,46-49,53,55-57,60-61,66-69H,17-24,31-36,38-45H2,1-16H3,(H,83,100)(H,84,101)(H,85,102)(H,86,95)(H,87,103)(H,98,99)(H3,81,82,106)/t49-,53+,55+,56+,57+,60-,61?,66+,67+,68+,69-/m1/s1. The monoisotopic (exact) mass is 1620 g/mol. The molecular formula is C79H122FN13O20S. The Labute approximate surface area is 672 Å². The van der Waals surface area contributed by atoms with Gasteiger partial charge in [-0.25, -0.2) is 18.8 Å². The van der Waals surface area contributed by atoms with Gasteiger partial charge in [-0.15, -0.1) is 11.8 Å². The Morgan fingerprint density at radius 3 is 1.97 bits per heavy atom. The molecule has 2 heterocycles. The zero-order valence-corrected chi connectivity index (χ0v) is 69.7. The highest BCUT2D eigenvalue weighted by Crippen LogP contribution is 2.52. The number of hydrogen-bond acceptors (Lipinski definition) is 21. The molecule has 0 aromatic heterocycles. The molecule has 2 aromatic carbocycles. The lowest BCUT2D eigenvalue weighted by atomic mass is 9.93. The summed E-state index contributed by atoms with van der Waals surface area (Å²) < 4.78 is 43.3. The van der Waals surface area contributed by atoms with Crippen LogP contribution in [0.15, 0.2) is 42.5 Å². The van der Waals surface area contributed by atoms with Gasteiger partial charge in [-0.05, 0) is 118 Å². The van der Waals surface area contributed by atoms with Gasteiger partial charge in [0.15, 0.2) is 17.3 Å². The molecular weight excluding hydrogens is 1500 g/mol. The van der Waals surface area contributed by atoms with Crippen molar-refractivity contribution in [1.29, 1.82) is 0 Å². The van der Waals surface area contributed by atoms with E-state index in [1.807, 2.05) is 34.6 Å². The van der Waals surface area contributed by atoms with Crippen molar-refractivity contribution in [2.24, 2.45) is 34.8 Å². The van der Waals surface area contributed by atoms with E-state index in [0.717, 1.165) is 18.9 Å². The highest BCUT2D eigenvalue weighted by molar-refractivity contribution is 8.00. The number of likely N-dealkylation sites (N-methyl/N-ethyl adjacent to an activating group) is 4. The summed E-state index contributed by atoms with van der Waals surface area (Å²) in [5, 5.41) is 25.1. The van der Waals surface area contributed by atoms with Crippen molar-refractivity contribution in [1.82, 2.24) is 56.0 Å². The fraction of sp³-hybridized carbons (Fsp3) is 0.671. The number of ether oxygens (including phenoxy) is 5. The zero-order chi connectivity index (χ0) is 85.0. The first-order valence-corrected chi connectivity index (χ1v) is 40.1. The van der Waals surface area contributed by atoms with Crippen LogP contribution in [0, 0.1) is 34.9 Å². The number of methoxy groups -OCH3 is 3. The molecule has 13 amide bonds. The molecule has 0 spiro atoms. The van der Waals surface area contributed by atoms with E-state index in [9.17, 15) is 71.8 Å². The van der Waals surface area contributed by atoms with Crippen LogP contribution >= 0.6 is 11.8 Å². The van der Waals surface area contributed by atoms with Gasteiger partial charge in [-0.3, -0.25) is 62.5 Å². The van der Waals surface area contributed by atoms with Crippen molar-refractivity contribution >= 4 is 101 Å². The Balaban J connectivity index is 1.18.